The van der Waals surface area contributed by atoms with Crippen LogP contribution in [0, 0.1) is 0 Å². The highest BCUT2D eigenvalue weighted by molar-refractivity contribution is 5.96. The van der Waals surface area contributed by atoms with Crippen LogP contribution in [0.1, 0.15) is 32.6 Å². The summed E-state index contributed by atoms with van der Waals surface area (Å²) in [5.41, 5.74) is 0. The fraction of sp³-hybridized carbons (Fsp3) is 0.778. The van der Waals surface area contributed by atoms with Crippen molar-refractivity contribution in [1.29, 1.82) is 0 Å². The number of hydrogen-bond donors (Lipinski definition) is 1. The zero-order valence-corrected chi connectivity index (χ0v) is 7.84. The average molecular weight is 185 g/mol. The largest absolute Gasteiger partial charge is 0.368 e. The summed E-state index contributed by atoms with van der Waals surface area (Å²) < 4.78 is 5.30. The zero-order valence-electron chi connectivity index (χ0n) is 7.84. The predicted octanol–water partition coefficient (Wildman–Crippen LogP) is 0.608. The number of carbonyl (C=O) groups excluding carboxylic acids is 2. The first-order valence-corrected chi connectivity index (χ1v) is 4.63. The molecule has 1 heterocycles. The van der Waals surface area contributed by atoms with Gasteiger partial charge in [-0.15, -0.1) is 0 Å². The Labute approximate surface area is 77.6 Å². The van der Waals surface area contributed by atoms with Crippen LogP contribution in [0.4, 0.5) is 0 Å². The zero-order chi connectivity index (χ0) is 9.68. The van der Waals surface area contributed by atoms with Crippen LogP contribution in [0.2, 0.25) is 0 Å². The lowest BCUT2D eigenvalue weighted by Crippen LogP contribution is -2.38. The van der Waals surface area contributed by atoms with Gasteiger partial charge in [0.15, 0.2) is 0 Å². The van der Waals surface area contributed by atoms with Crippen LogP contribution in [-0.4, -0.2) is 24.5 Å². The lowest BCUT2D eigenvalue weighted by atomic mass is 10.1. The molecule has 1 aliphatic heterocycles. The van der Waals surface area contributed by atoms with E-state index in [4.69, 9.17) is 4.74 Å². The molecule has 74 valence electrons. The Hall–Kier alpha value is -0.900. The van der Waals surface area contributed by atoms with E-state index >= 15 is 0 Å². The monoisotopic (exact) mass is 185 g/mol. The minimum Gasteiger partial charge on any atom is -0.368 e. The normalized spacial score (nSPS) is 23.3. The Bertz CT molecular complexity index is 195. The van der Waals surface area contributed by atoms with Gasteiger partial charge in [-0.1, -0.05) is 12.8 Å². The number of nitrogens with one attached hydrogen (secondary N) is 1. The van der Waals surface area contributed by atoms with E-state index in [2.05, 4.69) is 5.32 Å². The van der Waals surface area contributed by atoms with Crippen LogP contribution in [0.5, 0.6) is 0 Å². The van der Waals surface area contributed by atoms with Crippen molar-refractivity contribution >= 4 is 11.8 Å². The maximum absolute atomic E-state index is 11.3. The van der Waals surface area contributed by atoms with Gasteiger partial charge in [0.1, 0.15) is 6.10 Å². The molecular weight excluding hydrogens is 170 g/mol. The lowest BCUT2D eigenvalue weighted by Gasteiger charge is -2.12. The van der Waals surface area contributed by atoms with Gasteiger partial charge >= 0.3 is 0 Å². The molecular formula is C9H15NO3. The summed E-state index contributed by atoms with van der Waals surface area (Å²) >= 11 is 0. The molecule has 0 radical (unpaired) electrons. The summed E-state index contributed by atoms with van der Waals surface area (Å²) in [6.07, 6.45) is 3.40. The minimum atomic E-state index is -0.425. The van der Waals surface area contributed by atoms with Crippen molar-refractivity contribution < 1.29 is 14.3 Å². The minimum absolute atomic E-state index is 0.297. The molecule has 0 aromatic heterocycles. The van der Waals surface area contributed by atoms with Crippen molar-refractivity contribution in [3.05, 3.63) is 0 Å². The Morgan fingerprint density at radius 2 is 2.08 bits per heavy atom. The van der Waals surface area contributed by atoms with Crippen molar-refractivity contribution in [3.63, 3.8) is 0 Å². The van der Waals surface area contributed by atoms with Gasteiger partial charge in [0.2, 0.25) is 5.91 Å². The van der Waals surface area contributed by atoms with Gasteiger partial charge in [-0.3, -0.25) is 14.9 Å². The summed E-state index contributed by atoms with van der Waals surface area (Å²) in [5, 5.41) is 2.24. The maximum atomic E-state index is 11.3. The average Bonchev–Trinajstić information content (AvgIpc) is 2.29. The predicted molar refractivity (Wildman–Crippen MR) is 47.0 cm³/mol. The van der Waals surface area contributed by atoms with E-state index in [1.807, 2.05) is 0 Å². The fourth-order valence-electron chi connectivity index (χ4n) is 1.38. The molecule has 0 aliphatic carbocycles. The van der Waals surface area contributed by atoms with Crippen molar-refractivity contribution in [2.75, 3.05) is 6.61 Å². The van der Waals surface area contributed by atoms with Crippen LogP contribution in [0.3, 0.4) is 0 Å². The fourth-order valence-corrected chi connectivity index (χ4v) is 1.38. The lowest BCUT2D eigenvalue weighted by molar-refractivity contribution is -0.137. The van der Waals surface area contributed by atoms with E-state index in [1.165, 1.54) is 6.92 Å². The van der Waals surface area contributed by atoms with Crippen molar-refractivity contribution in [1.82, 2.24) is 5.32 Å². The molecule has 1 rings (SSSR count). The molecule has 0 aromatic carbocycles. The highest BCUT2D eigenvalue weighted by atomic mass is 16.5. The van der Waals surface area contributed by atoms with Crippen molar-refractivity contribution in [3.8, 4) is 0 Å². The standard InChI is InChI=1S/C9H15NO3/c1-7(11)10-9(12)8-5-3-2-4-6-13-8/h8H,2-6H2,1H3,(H,10,11,12)/t8-/m1/s1. The van der Waals surface area contributed by atoms with E-state index in [0.29, 0.717) is 6.61 Å². The first-order valence-electron chi connectivity index (χ1n) is 4.63. The molecule has 1 aliphatic rings. The van der Waals surface area contributed by atoms with E-state index in [9.17, 15) is 9.59 Å². The Balaban J connectivity index is 2.39. The second-order valence-electron chi connectivity index (χ2n) is 3.25. The summed E-state index contributed by atoms with van der Waals surface area (Å²) in [6, 6.07) is 0. The molecule has 0 unspecified atom stereocenters. The number of ether oxygens (including phenoxy) is 1. The van der Waals surface area contributed by atoms with Gasteiger partial charge in [0, 0.05) is 13.5 Å². The number of carbonyl (C=O) groups is 2. The maximum Gasteiger partial charge on any atom is 0.255 e. The summed E-state index contributed by atoms with van der Waals surface area (Å²) in [4.78, 5) is 21.9. The second-order valence-corrected chi connectivity index (χ2v) is 3.25. The van der Waals surface area contributed by atoms with Crippen LogP contribution in [-0.2, 0) is 14.3 Å². The summed E-state index contributed by atoms with van der Waals surface area (Å²) in [7, 11) is 0. The molecule has 0 bridgehead atoms. The number of imide groups is 1. The molecule has 1 atom stereocenters. The topological polar surface area (TPSA) is 55.4 Å². The molecule has 4 nitrogen and oxygen atoms in total. The van der Waals surface area contributed by atoms with Gasteiger partial charge < -0.3 is 4.74 Å². The molecule has 0 saturated carbocycles. The molecule has 1 fully saturated rings. The first kappa shape index (κ1) is 10.2. The van der Waals surface area contributed by atoms with Crippen LogP contribution in [0.15, 0.2) is 0 Å². The SMILES string of the molecule is CC(=O)NC(=O)[C@H]1CCCCCO1. The third kappa shape index (κ3) is 3.55. The van der Waals surface area contributed by atoms with E-state index in [0.717, 1.165) is 25.7 Å². The number of hydrogen-bond acceptors (Lipinski definition) is 3. The molecule has 2 amide bonds. The Kier molecular flexibility index (Phi) is 3.89. The Morgan fingerprint density at radius 3 is 2.77 bits per heavy atom. The highest BCUT2D eigenvalue weighted by Gasteiger charge is 2.21. The third-order valence-corrected chi connectivity index (χ3v) is 2.02. The van der Waals surface area contributed by atoms with Gasteiger partial charge in [-0.05, 0) is 12.8 Å². The van der Waals surface area contributed by atoms with Crippen molar-refractivity contribution in [2.45, 2.75) is 38.7 Å². The van der Waals surface area contributed by atoms with E-state index in [1.54, 1.807) is 0 Å². The molecule has 0 spiro atoms. The number of amides is 2. The smallest absolute Gasteiger partial charge is 0.255 e. The summed E-state index contributed by atoms with van der Waals surface area (Å²) in [6.45, 7) is 1.95. The number of rotatable bonds is 1. The van der Waals surface area contributed by atoms with Gasteiger partial charge in [-0.2, -0.15) is 0 Å². The molecule has 13 heavy (non-hydrogen) atoms. The second kappa shape index (κ2) is 4.97. The van der Waals surface area contributed by atoms with Gasteiger partial charge in [0.05, 0.1) is 0 Å². The quantitative estimate of drug-likeness (QED) is 0.651. The van der Waals surface area contributed by atoms with Crippen LogP contribution in [0.25, 0.3) is 0 Å². The molecule has 1 saturated heterocycles. The van der Waals surface area contributed by atoms with E-state index in [-0.39, 0.29) is 11.8 Å². The third-order valence-electron chi connectivity index (χ3n) is 2.02. The van der Waals surface area contributed by atoms with Crippen LogP contribution >= 0.6 is 0 Å². The first-order chi connectivity index (χ1) is 6.20. The Morgan fingerprint density at radius 1 is 1.31 bits per heavy atom. The molecule has 0 aromatic rings. The highest BCUT2D eigenvalue weighted by Crippen LogP contribution is 2.12. The van der Waals surface area contributed by atoms with Crippen molar-refractivity contribution in [2.24, 2.45) is 0 Å². The van der Waals surface area contributed by atoms with Gasteiger partial charge in [0.25, 0.3) is 5.91 Å². The summed E-state index contributed by atoms with van der Waals surface area (Å²) in [5.74, 6) is -0.618. The van der Waals surface area contributed by atoms with Gasteiger partial charge in [-0.25, -0.2) is 0 Å². The molecule has 1 N–H and O–H groups in total. The molecule has 4 heteroatoms. The van der Waals surface area contributed by atoms with Crippen LogP contribution < -0.4 is 5.32 Å². The van der Waals surface area contributed by atoms with E-state index < -0.39 is 6.10 Å².